The van der Waals surface area contributed by atoms with Gasteiger partial charge in [-0.15, -0.1) is 0 Å². The van der Waals surface area contributed by atoms with E-state index in [0.717, 1.165) is 31.2 Å². The van der Waals surface area contributed by atoms with Crippen LogP contribution in [0.25, 0.3) is 5.69 Å². The summed E-state index contributed by atoms with van der Waals surface area (Å²) in [5.41, 5.74) is 1.83. The Morgan fingerprint density at radius 1 is 1.10 bits per heavy atom. The van der Waals surface area contributed by atoms with Gasteiger partial charge in [-0.25, -0.2) is 17.9 Å². The molecule has 0 unspecified atom stereocenters. The highest BCUT2D eigenvalue weighted by atomic mass is 32.2. The second-order valence-corrected chi connectivity index (χ2v) is 11.2. The number of carboxylic acid groups (broad SMARTS) is 1. The number of sulfonamides is 1. The fourth-order valence-electron chi connectivity index (χ4n) is 4.44. The van der Waals surface area contributed by atoms with Crippen LogP contribution in [0.3, 0.4) is 0 Å². The standard InChI is InChI=1S/C27H32N4O7S/c1-17-8-11-21(12-9-17)31-26(18(2)24(30-31)27(33)34)38-22-13-10-20(29-25(32)19-6-4-5-7-19)16-23(22)39(35,36)28-14-15-37-3/h8-13,16,19,28H,4-7,14-15H2,1-3H3,(H,29,32)(H,33,34). The molecular weight excluding hydrogens is 524 g/mol. The first-order valence-electron chi connectivity index (χ1n) is 12.6. The number of nitrogens with one attached hydrogen (secondary N) is 2. The summed E-state index contributed by atoms with van der Waals surface area (Å²) >= 11 is 0. The minimum absolute atomic E-state index is 0.0143. The third kappa shape index (κ3) is 6.47. The zero-order chi connectivity index (χ0) is 28.2. The molecule has 0 bridgehead atoms. The fraction of sp³-hybridized carbons (Fsp3) is 0.370. The molecule has 1 amide bonds. The average Bonchev–Trinajstić information content (AvgIpc) is 3.55. The van der Waals surface area contributed by atoms with Gasteiger partial charge in [-0.05, 0) is 57.0 Å². The van der Waals surface area contributed by atoms with Crippen LogP contribution in [0.2, 0.25) is 0 Å². The molecule has 3 aromatic rings. The van der Waals surface area contributed by atoms with Gasteiger partial charge in [-0.1, -0.05) is 30.5 Å². The molecule has 0 aliphatic heterocycles. The SMILES string of the molecule is COCCNS(=O)(=O)c1cc(NC(=O)C2CCCC2)ccc1Oc1c(C)c(C(=O)O)nn1-c1ccc(C)cc1. The van der Waals surface area contributed by atoms with Crippen LogP contribution >= 0.6 is 0 Å². The van der Waals surface area contributed by atoms with Crippen molar-refractivity contribution >= 4 is 27.6 Å². The number of ether oxygens (including phenoxy) is 2. The monoisotopic (exact) mass is 556 g/mol. The maximum atomic E-state index is 13.3. The number of rotatable bonds is 11. The second-order valence-electron chi connectivity index (χ2n) is 9.46. The lowest BCUT2D eigenvalue weighted by Gasteiger charge is -2.17. The van der Waals surface area contributed by atoms with E-state index < -0.39 is 16.0 Å². The number of nitrogens with zero attached hydrogens (tertiary/aromatic N) is 2. The summed E-state index contributed by atoms with van der Waals surface area (Å²) in [4.78, 5) is 24.3. The number of benzene rings is 2. The van der Waals surface area contributed by atoms with Crippen molar-refractivity contribution in [3.05, 3.63) is 59.3 Å². The molecule has 208 valence electrons. The van der Waals surface area contributed by atoms with E-state index in [1.54, 1.807) is 18.2 Å². The van der Waals surface area contributed by atoms with E-state index in [1.807, 2.05) is 19.1 Å². The lowest BCUT2D eigenvalue weighted by molar-refractivity contribution is -0.119. The zero-order valence-electron chi connectivity index (χ0n) is 22.1. The smallest absolute Gasteiger partial charge is 0.356 e. The third-order valence-electron chi connectivity index (χ3n) is 6.58. The Labute approximate surface area is 227 Å². The van der Waals surface area contributed by atoms with Crippen molar-refractivity contribution in [2.45, 2.75) is 44.4 Å². The Morgan fingerprint density at radius 2 is 1.79 bits per heavy atom. The number of carbonyl (C=O) groups excluding carboxylic acids is 1. The molecule has 0 atom stereocenters. The largest absolute Gasteiger partial charge is 0.476 e. The molecule has 0 saturated heterocycles. The van der Waals surface area contributed by atoms with E-state index in [1.165, 1.54) is 30.8 Å². The maximum absolute atomic E-state index is 13.3. The van der Waals surface area contributed by atoms with Crippen LogP contribution in [0.5, 0.6) is 11.6 Å². The molecule has 11 nitrogen and oxygen atoms in total. The Kier molecular flexibility index (Phi) is 8.68. The number of aromatic nitrogens is 2. The van der Waals surface area contributed by atoms with Crippen LogP contribution in [-0.2, 0) is 19.6 Å². The Bertz CT molecular complexity index is 1460. The second kappa shape index (κ2) is 12.0. The van der Waals surface area contributed by atoms with Gasteiger partial charge in [0.2, 0.25) is 21.8 Å². The topological polar surface area (TPSA) is 149 Å². The van der Waals surface area contributed by atoms with Gasteiger partial charge in [-0.3, -0.25) is 4.79 Å². The molecule has 1 aliphatic rings. The highest BCUT2D eigenvalue weighted by Gasteiger charge is 2.27. The quantitative estimate of drug-likeness (QED) is 0.300. The molecule has 0 radical (unpaired) electrons. The molecule has 1 fully saturated rings. The van der Waals surface area contributed by atoms with Gasteiger partial charge >= 0.3 is 5.97 Å². The third-order valence-corrected chi connectivity index (χ3v) is 8.06. The minimum Gasteiger partial charge on any atom is -0.476 e. The summed E-state index contributed by atoms with van der Waals surface area (Å²) < 4.78 is 41.5. The summed E-state index contributed by atoms with van der Waals surface area (Å²) in [6.45, 7) is 3.62. The molecule has 4 rings (SSSR count). The van der Waals surface area contributed by atoms with Crippen LogP contribution in [0, 0.1) is 19.8 Å². The van der Waals surface area contributed by atoms with Gasteiger partial charge in [0.1, 0.15) is 10.6 Å². The van der Waals surface area contributed by atoms with Gasteiger partial charge in [0, 0.05) is 30.8 Å². The Morgan fingerprint density at radius 3 is 2.44 bits per heavy atom. The van der Waals surface area contributed by atoms with Gasteiger partial charge in [0.05, 0.1) is 12.3 Å². The molecule has 1 saturated carbocycles. The van der Waals surface area contributed by atoms with Gasteiger partial charge in [-0.2, -0.15) is 9.78 Å². The number of hydrogen-bond donors (Lipinski definition) is 3. The van der Waals surface area contributed by atoms with Crippen molar-refractivity contribution in [3.63, 3.8) is 0 Å². The predicted octanol–water partition coefficient (Wildman–Crippen LogP) is 4.03. The zero-order valence-corrected chi connectivity index (χ0v) is 22.9. The summed E-state index contributed by atoms with van der Waals surface area (Å²) in [6.07, 6.45) is 3.57. The highest BCUT2D eigenvalue weighted by Crippen LogP contribution is 2.36. The molecule has 1 heterocycles. The number of aryl methyl sites for hydroxylation is 1. The Balaban J connectivity index is 1.76. The predicted molar refractivity (Wildman–Crippen MR) is 144 cm³/mol. The van der Waals surface area contributed by atoms with E-state index in [9.17, 15) is 23.1 Å². The molecule has 2 aromatic carbocycles. The van der Waals surface area contributed by atoms with E-state index in [0.29, 0.717) is 11.4 Å². The molecular formula is C27H32N4O7S. The lowest BCUT2D eigenvalue weighted by Crippen LogP contribution is -2.28. The molecule has 1 aliphatic carbocycles. The van der Waals surface area contributed by atoms with E-state index >= 15 is 0 Å². The average molecular weight is 557 g/mol. The number of methoxy groups -OCH3 is 1. The normalized spacial score (nSPS) is 13.9. The number of amides is 1. The van der Waals surface area contributed by atoms with Gasteiger partial charge < -0.3 is 19.9 Å². The fourth-order valence-corrected chi connectivity index (χ4v) is 5.60. The van der Waals surface area contributed by atoms with Gasteiger partial charge in [0.15, 0.2) is 5.69 Å². The summed E-state index contributed by atoms with van der Waals surface area (Å²) in [5.74, 6) is -1.53. The van der Waals surface area contributed by atoms with Gasteiger partial charge in [0.25, 0.3) is 0 Å². The highest BCUT2D eigenvalue weighted by molar-refractivity contribution is 7.89. The first kappa shape index (κ1) is 28.3. The van der Waals surface area contributed by atoms with Crippen molar-refractivity contribution in [3.8, 4) is 17.3 Å². The number of aromatic carboxylic acids is 1. The Hall–Kier alpha value is -3.74. The first-order valence-corrected chi connectivity index (χ1v) is 14.1. The van der Waals surface area contributed by atoms with Crippen molar-refractivity contribution in [2.75, 3.05) is 25.6 Å². The van der Waals surface area contributed by atoms with Crippen molar-refractivity contribution < 1.29 is 32.6 Å². The van der Waals surface area contributed by atoms with Crippen molar-refractivity contribution in [2.24, 2.45) is 5.92 Å². The van der Waals surface area contributed by atoms with Crippen LogP contribution in [0.1, 0.15) is 47.3 Å². The number of hydrogen-bond acceptors (Lipinski definition) is 7. The molecule has 39 heavy (non-hydrogen) atoms. The number of carbonyl (C=O) groups is 2. The maximum Gasteiger partial charge on any atom is 0.356 e. The summed E-state index contributed by atoms with van der Waals surface area (Å²) in [6, 6.07) is 11.5. The molecule has 3 N–H and O–H groups in total. The van der Waals surface area contributed by atoms with Crippen LogP contribution in [0.15, 0.2) is 47.4 Å². The lowest BCUT2D eigenvalue weighted by atomic mass is 10.1. The van der Waals surface area contributed by atoms with Crippen molar-refractivity contribution in [1.82, 2.24) is 14.5 Å². The summed E-state index contributed by atoms with van der Waals surface area (Å²) in [5, 5.41) is 16.7. The molecule has 12 heteroatoms. The molecule has 0 spiro atoms. The van der Waals surface area contributed by atoms with E-state index in [2.05, 4.69) is 15.1 Å². The van der Waals surface area contributed by atoms with Crippen LogP contribution < -0.4 is 14.8 Å². The van der Waals surface area contributed by atoms with E-state index in [-0.39, 0.29) is 52.8 Å². The van der Waals surface area contributed by atoms with Crippen LogP contribution in [0.4, 0.5) is 5.69 Å². The van der Waals surface area contributed by atoms with E-state index in [4.69, 9.17) is 9.47 Å². The number of carboxylic acids is 1. The van der Waals surface area contributed by atoms with Crippen molar-refractivity contribution in [1.29, 1.82) is 0 Å². The van der Waals surface area contributed by atoms with Crippen LogP contribution in [-0.4, -0.2) is 55.4 Å². The number of anilines is 1. The first-order chi connectivity index (χ1) is 18.6. The summed E-state index contributed by atoms with van der Waals surface area (Å²) in [7, 11) is -2.66. The minimum atomic E-state index is -4.12. The molecule has 1 aromatic heterocycles.